The second-order valence-corrected chi connectivity index (χ2v) is 8.70. The summed E-state index contributed by atoms with van der Waals surface area (Å²) in [4.78, 5) is 40.5. The molecule has 2 amide bonds. The van der Waals surface area contributed by atoms with Crippen LogP contribution >= 0.6 is 23.1 Å². The lowest BCUT2D eigenvalue weighted by molar-refractivity contribution is 0.0600. The van der Waals surface area contributed by atoms with Gasteiger partial charge in [-0.15, -0.1) is 23.1 Å². The van der Waals surface area contributed by atoms with E-state index in [1.54, 1.807) is 22.7 Å². The van der Waals surface area contributed by atoms with Gasteiger partial charge in [-0.2, -0.15) is 0 Å². The zero-order valence-electron chi connectivity index (χ0n) is 16.4. The smallest absolute Gasteiger partial charge is 0.409 e. The molecule has 3 rings (SSSR count). The molecule has 0 bridgehead atoms. The van der Waals surface area contributed by atoms with Crippen LogP contribution in [0.3, 0.4) is 0 Å². The largest absolute Gasteiger partial charge is 0.465 e. The highest BCUT2D eigenvalue weighted by molar-refractivity contribution is 7.99. The number of carbonyl (C=O) groups excluding carboxylic acids is 3. The van der Waals surface area contributed by atoms with Crippen LogP contribution in [0.2, 0.25) is 0 Å². The van der Waals surface area contributed by atoms with E-state index in [1.165, 1.54) is 25.6 Å². The van der Waals surface area contributed by atoms with Gasteiger partial charge in [-0.25, -0.2) is 9.59 Å². The van der Waals surface area contributed by atoms with Crippen molar-refractivity contribution in [3.8, 4) is 0 Å². The van der Waals surface area contributed by atoms with Crippen LogP contribution in [-0.4, -0.2) is 49.4 Å². The minimum absolute atomic E-state index is 0.294. The molecule has 0 fully saturated rings. The van der Waals surface area contributed by atoms with Crippen molar-refractivity contribution in [2.45, 2.75) is 24.8 Å². The van der Waals surface area contributed by atoms with Crippen LogP contribution in [0, 0.1) is 0 Å². The number of amides is 2. The number of esters is 1. The Labute approximate surface area is 177 Å². The van der Waals surface area contributed by atoms with Crippen molar-refractivity contribution in [3.63, 3.8) is 0 Å². The van der Waals surface area contributed by atoms with Gasteiger partial charge >= 0.3 is 12.1 Å². The van der Waals surface area contributed by atoms with Crippen molar-refractivity contribution in [1.29, 1.82) is 0 Å². The Kier molecular flexibility index (Phi) is 6.81. The lowest BCUT2D eigenvalue weighted by Gasteiger charge is -2.25. The Bertz CT molecular complexity index is 941. The number of thiophene rings is 1. The summed E-state index contributed by atoms with van der Waals surface area (Å²) in [6.07, 6.45) is 0.0728. The summed E-state index contributed by atoms with van der Waals surface area (Å²) in [5.41, 5.74) is 1.69. The van der Waals surface area contributed by atoms with Crippen molar-refractivity contribution < 1.29 is 23.9 Å². The third-order valence-electron chi connectivity index (χ3n) is 4.51. The van der Waals surface area contributed by atoms with Crippen LogP contribution in [-0.2, 0) is 22.4 Å². The van der Waals surface area contributed by atoms with E-state index in [-0.39, 0.29) is 5.91 Å². The molecule has 1 aliphatic heterocycles. The maximum absolute atomic E-state index is 12.8. The van der Waals surface area contributed by atoms with E-state index in [1.807, 2.05) is 25.1 Å². The highest BCUT2D eigenvalue weighted by Gasteiger charge is 2.31. The lowest BCUT2D eigenvalue weighted by Crippen LogP contribution is -2.35. The number of benzene rings is 1. The summed E-state index contributed by atoms with van der Waals surface area (Å²) >= 11 is 2.94. The summed E-state index contributed by atoms with van der Waals surface area (Å²) in [7, 11) is 2.65. The van der Waals surface area contributed by atoms with Gasteiger partial charge in [0.15, 0.2) is 0 Å². The maximum Gasteiger partial charge on any atom is 0.409 e. The molecule has 1 N–H and O–H groups in total. The fourth-order valence-corrected chi connectivity index (χ4v) is 5.13. The Morgan fingerprint density at radius 3 is 2.72 bits per heavy atom. The molecule has 1 aromatic carbocycles. The molecule has 29 heavy (non-hydrogen) atoms. The molecule has 2 aromatic rings. The van der Waals surface area contributed by atoms with Crippen LogP contribution in [0.15, 0.2) is 29.2 Å². The molecular weight excluding hydrogens is 412 g/mol. The molecule has 2 heterocycles. The lowest BCUT2D eigenvalue weighted by atomic mass is 10.0. The number of hydrogen-bond donors (Lipinski definition) is 1. The Morgan fingerprint density at radius 1 is 1.24 bits per heavy atom. The molecule has 0 saturated carbocycles. The van der Waals surface area contributed by atoms with E-state index in [9.17, 15) is 14.4 Å². The first kappa shape index (κ1) is 21.2. The number of carbonyl (C=O) groups is 3. The van der Waals surface area contributed by atoms with E-state index < -0.39 is 12.1 Å². The third-order valence-corrected chi connectivity index (χ3v) is 6.52. The Balaban J connectivity index is 1.90. The van der Waals surface area contributed by atoms with Gasteiger partial charge in [0, 0.05) is 21.9 Å². The summed E-state index contributed by atoms with van der Waals surface area (Å²) in [5.74, 6) is 0.114. The molecular formula is C20H22N2O5S2. The van der Waals surface area contributed by atoms with Crippen molar-refractivity contribution in [2.24, 2.45) is 0 Å². The average molecular weight is 435 g/mol. The molecule has 154 valence electrons. The van der Waals surface area contributed by atoms with Gasteiger partial charge in [0.05, 0.1) is 26.3 Å². The number of nitrogens with one attached hydrogen (secondary N) is 1. The quantitative estimate of drug-likeness (QED) is 0.565. The fraction of sp³-hybridized carbons (Fsp3) is 0.350. The number of ether oxygens (including phenoxy) is 2. The molecule has 0 unspecified atom stereocenters. The first-order valence-corrected chi connectivity index (χ1v) is 10.9. The summed E-state index contributed by atoms with van der Waals surface area (Å²) in [5, 5.41) is 3.30. The minimum atomic E-state index is -0.500. The highest BCUT2D eigenvalue weighted by Crippen LogP contribution is 2.38. The van der Waals surface area contributed by atoms with Gasteiger partial charge in [-0.05, 0) is 35.9 Å². The summed E-state index contributed by atoms with van der Waals surface area (Å²) in [6, 6.07) is 7.35. The zero-order valence-corrected chi connectivity index (χ0v) is 18.1. The average Bonchev–Trinajstić information content (AvgIpc) is 3.09. The Hall–Kier alpha value is -2.52. The van der Waals surface area contributed by atoms with E-state index >= 15 is 0 Å². The van der Waals surface area contributed by atoms with Gasteiger partial charge in [0.2, 0.25) is 0 Å². The number of rotatable bonds is 5. The van der Waals surface area contributed by atoms with Crippen molar-refractivity contribution in [2.75, 3.05) is 31.8 Å². The first-order valence-electron chi connectivity index (χ1n) is 9.08. The second kappa shape index (κ2) is 9.32. The molecule has 1 aromatic heterocycles. The third kappa shape index (κ3) is 4.56. The van der Waals surface area contributed by atoms with Crippen LogP contribution in [0.25, 0.3) is 0 Å². The van der Waals surface area contributed by atoms with Gasteiger partial charge in [0.25, 0.3) is 5.91 Å². The number of fused-ring (bicyclic) bond motifs is 1. The number of thioether (sulfide) groups is 1. The van der Waals surface area contributed by atoms with Gasteiger partial charge in [-0.1, -0.05) is 13.0 Å². The fourth-order valence-electron chi connectivity index (χ4n) is 3.16. The molecule has 0 aliphatic carbocycles. The topological polar surface area (TPSA) is 84.9 Å². The standard InChI is InChI=1S/C20H22N2O5S2/c1-4-28-13-7-5-6-12(10-13)17(23)21-18-16(19(24)26-2)14-8-9-22(20(25)27-3)11-15(14)29-18/h5-7,10H,4,8-9,11H2,1-3H3,(H,21,23). The summed E-state index contributed by atoms with van der Waals surface area (Å²) < 4.78 is 9.74. The van der Waals surface area contributed by atoms with Gasteiger partial charge in [-0.3, -0.25) is 4.79 Å². The van der Waals surface area contributed by atoms with Crippen LogP contribution in [0.1, 0.15) is 38.1 Å². The molecule has 0 radical (unpaired) electrons. The van der Waals surface area contributed by atoms with E-state index in [0.717, 1.165) is 21.1 Å². The van der Waals surface area contributed by atoms with Crippen molar-refractivity contribution in [3.05, 3.63) is 45.8 Å². The molecule has 0 atom stereocenters. The molecule has 1 aliphatic rings. The highest BCUT2D eigenvalue weighted by atomic mass is 32.2. The van der Waals surface area contributed by atoms with E-state index in [2.05, 4.69) is 5.32 Å². The number of nitrogens with zero attached hydrogens (tertiary/aromatic N) is 1. The maximum atomic E-state index is 12.8. The SMILES string of the molecule is CCSc1cccc(C(=O)Nc2sc3c(c2C(=O)OC)CCN(C(=O)OC)C3)c1. The summed E-state index contributed by atoms with van der Waals surface area (Å²) in [6.45, 7) is 2.81. The Morgan fingerprint density at radius 2 is 2.03 bits per heavy atom. The second-order valence-electron chi connectivity index (χ2n) is 6.26. The molecule has 0 saturated heterocycles. The van der Waals surface area contributed by atoms with Crippen LogP contribution in [0.5, 0.6) is 0 Å². The molecule has 9 heteroatoms. The predicted octanol–water partition coefficient (Wildman–Crippen LogP) is 4.02. The predicted molar refractivity (Wildman–Crippen MR) is 113 cm³/mol. The van der Waals surface area contributed by atoms with Crippen molar-refractivity contribution in [1.82, 2.24) is 4.90 Å². The van der Waals surface area contributed by atoms with Gasteiger partial charge in [0.1, 0.15) is 5.00 Å². The van der Waals surface area contributed by atoms with Crippen LogP contribution < -0.4 is 5.32 Å². The molecule has 0 spiro atoms. The van der Waals surface area contributed by atoms with Crippen LogP contribution in [0.4, 0.5) is 9.80 Å². The van der Waals surface area contributed by atoms with Gasteiger partial charge < -0.3 is 19.7 Å². The monoisotopic (exact) mass is 434 g/mol. The first-order chi connectivity index (χ1) is 14.0. The van der Waals surface area contributed by atoms with Crippen molar-refractivity contribution >= 4 is 46.1 Å². The molecule has 7 nitrogen and oxygen atoms in total. The zero-order chi connectivity index (χ0) is 21.0. The number of hydrogen-bond acceptors (Lipinski definition) is 7. The van der Waals surface area contributed by atoms with E-state index in [4.69, 9.17) is 9.47 Å². The minimum Gasteiger partial charge on any atom is -0.465 e. The van der Waals surface area contributed by atoms with E-state index in [0.29, 0.717) is 35.6 Å². The normalized spacial score (nSPS) is 12.9. The number of anilines is 1. The number of methoxy groups -OCH3 is 2.